The van der Waals surface area contributed by atoms with Crippen LogP contribution in [0.1, 0.15) is 47.8 Å². The maximum Gasteiger partial charge on any atom is 0.326 e. The molecule has 0 unspecified atom stereocenters. The van der Waals surface area contributed by atoms with Crippen molar-refractivity contribution < 1.29 is 23.2 Å². The van der Waals surface area contributed by atoms with E-state index in [0.29, 0.717) is 5.69 Å². The number of urea groups is 1. The zero-order valence-corrected chi connectivity index (χ0v) is 19.1. The molecule has 0 radical (unpaired) electrons. The molecule has 0 heterocycles. The van der Waals surface area contributed by atoms with Crippen LogP contribution in [0, 0.1) is 11.6 Å². The normalized spacial score (nSPS) is 11.3. The van der Waals surface area contributed by atoms with E-state index >= 15 is 0 Å². The number of halogens is 2. The first-order chi connectivity index (χ1) is 16.1. The highest BCUT2D eigenvalue weighted by Crippen LogP contribution is 2.21. The fourth-order valence-corrected chi connectivity index (χ4v) is 3.01. The quantitative estimate of drug-likeness (QED) is 0.358. The van der Waals surface area contributed by atoms with E-state index < -0.39 is 29.1 Å². The third-order valence-corrected chi connectivity index (χ3v) is 4.91. The van der Waals surface area contributed by atoms with E-state index in [1.807, 2.05) is 17.4 Å². The summed E-state index contributed by atoms with van der Waals surface area (Å²) in [5.41, 5.74) is 2.60. The lowest BCUT2D eigenvalue weighted by molar-refractivity contribution is 0.0959. The van der Waals surface area contributed by atoms with Gasteiger partial charge in [0.25, 0.3) is 5.91 Å². The number of benzene rings is 3. The van der Waals surface area contributed by atoms with Gasteiger partial charge < -0.3 is 10.2 Å². The minimum Gasteiger partial charge on any atom is -0.391 e. The second-order valence-electron chi connectivity index (χ2n) is 8.58. The molecule has 8 heteroatoms. The average molecular weight is 466 g/mol. The van der Waals surface area contributed by atoms with E-state index in [9.17, 15) is 18.4 Å². The lowest BCUT2D eigenvalue weighted by Gasteiger charge is -2.18. The van der Waals surface area contributed by atoms with Crippen LogP contribution >= 0.6 is 0 Å². The minimum absolute atomic E-state index is 0.0845. The third kappa shape index (κ3) is 6.71. The maximum atomic E-state index is 13.7. The van der Waals surface area contributed by atoms with Crippen molar-refractivity contribution in [2.75, 3.05) is 5.32 Å². The Balaban J connectivity index is 1.48. The van der Waals surface area contributed by atoms with E-state index in [2.05, 4.69) is 43.4 Å². The second kappa shape index (κ2) is 10.7. The molecule has 3 aromatic rings. The monoisotopic (exact) mass is 465 g/mol. The Morgan fingerprint density at radius 1 is 0.941 bits per heavy atom. The van der Waals surface area contributed by atoms with Crippen LogP contribution < -0.4 is 10.6 Å². The van der Waals surface area contributed by atoms with Crippen molar-refractivity contribution in [1.82, 2.24) is 5.32 Å². The number of imide groups is 1. The molecule has 0 bridgehead atoms. The SMILES string of the molecule is CC(C)(C)c1ccc(/C=N\OCc2ccc(NC(=O)NC(=O)c3c(F)cccc3F)cc2)cc1. The number of anilines is 1. The first-order valence-corrected chi connectivity index (χ1v) is 10.5. The molecule has 0 aliphatic heterocycles. The molecule has 34 heavy (non-hydrogen) atoms. The summed E-state index contributed by atoms with van der Waals surface area (Å²) >= 11 is 0. The van der Waals surface area contributed by atoms with Gasteiger partial charge >= 0.3 is 6.03 Å². The summed E-state index contributed by atoms with van der Waals surface area (Å²) in [6.07, 6.45) is 1.63. The van der Waals surface area contributed by atoms with Crippen molar-refractivity contribution in [3.63, 3.8) is 0 Å². The maximum absolute atomic E-state index is 13.7. The van der Waals surface area contributed by atoms with Crippen LogP contribution in [0.4, 0.5) is 19.3 Å². The van der Waals surface area contributed by atoms with Gasteiger partial charge in [-0.1, -0.05) is 68.4 Å². The molecule has 3 rings (SSSR count). The van der Waals surface area contributed by atoms with E-state index in [1.54, 1.807) is 30.5 Å². The van der Waals surface area contributed by atoms with Crippen molar-refractivity contribution in [2.24, 2.45) is 5.16 Å². The summed E-state index contributed by atoms with van der Waals surface area (Å²) in [6.45, 7) is 6.67. The molecular weight excluding hydrogens is 440 g/mol. The van der Waals surface area contributed by atoms with Crippen molar-refractivity contribution in [2.45, 2.75) is 32.8 Å². The van der Waals surface area contributed by atoms with E-state index in [-0.39, 0.29) is 12.0 Å². The first-order valence-electron chi connectivity index (χ1n) is 10.5. The van der Waals surface area contributed by atoms with Crippen LogP contribution in [0.3, 0.4) is 0 Å². The molecular formula is C26H25F2N3O3. The Labute approximate surface area is 196 Å². The Morgan fingerprint density at radius 3 is 2.15 bits per heavy atom. The molecule has 3 amide bonds. The highest BCUT2D eigenvalue weighted by molar-refractivity contribution is 6.08. The predicted molar refractivity (Wildman–Crippen MR) is 127 cm³/mol. The summed E-state index contributed by atoms with van der Waals surface area (Å²) in [5, 5.41) is 8.30. The number of carbonyl (C=O) groups excluding carboxylic acids is 2. The van der Waals surface area contributed by atoms with Gasteiger partial charge in [-0.05, 0) is 46.4 Å². The number of nitrogens with zero attached hydrogens (tertiary/aromatic N) is 1. The smallest absolute Gasteiger partial charge is 0.326 e. The van der Waals surface area contributed by atoms with Gasteiger partial charge in [0.1, 0.15) is 23.8 Å². The van der Waals surface area contributed by atoms with Crippen LogP contribution in [-0.4, -0.2) is 18.2 Å². The van der Waals surface area contributed by atoms with E-state index in [4.69, 9.17) is 4.84 Å². The van der Waals surface area contributed by atoms with Crippen molar-refractivity contribution in [3.8, 4) is 0 Å². The fourth-order valence-electron chi connectivity index (χ4n) is 3.01. The van der Waals surface area contributed by atoms with Gasteiger partial charge in [0, 0.05) is 5.69 Å². The van der Waals surface area contributed by atoms with Gasteiger partial charge in [0.15, 0.2) is 0 Å². The van der Waals surface area contributed by atoms with Gasteiger partial charge in [-0.15, -0.1) is 0 Å². The molecule has 0 saturated carbocycles. The molecule has 176 valence electrons. The summed E-state index contributed by atoms with van der Waals surface area (Å²) in [6, 6.07) is 16.8. The van der Waals surface area contributed by atoms with Gasteiger partial charge in [-0.2, -0.15) is 0 Å². The zero-order valence-electron chi connectivity index (χ0n) is 19.1. The Bertz CT molecular complexity index is 1170. The number of nitrogens with one attached hydrogen (secondary N) is 2. The Morgan fingerprint density at radius 2 is 1.56 bits per heavy atom. The number of carbonyl (C=O) groups is 2. The molecule has 0 aromatic heterocycles. The van der Waals surface area contributed by atoms with Crippen LogP contribution in [0.15, 0.2) is 71.9 Å². The highest BCUT2D eigenvalue weighted by atomic mass is 19.1. The van der Waals surface area contributed by atoms with Crippen molar-refractivity contribution >= 4 is 23.8 Å². The first kappa shape index (κ1) is 24.6. The van der Waals surface area contributed by atoms with Gasteiger partial charge in [-0.3, -0.25) is 10.1 Å². The molecule has 6 nitrogen and oxygen atoms in total. The van der Waals surface area contributed by atoms with Gasteiger partial charge in [-0.25, -0.2) is 13.6 Å². The number of oxime groups is 1. The minimum atomic E-state index is -1.18. The van der Waals surface area contributed by atoms with Crippen molar-refractivity contribution in [1.29, 1.82) is 0 Å². The standard InChI is InChI=1S/C26H25F2N3O3/c1-26(2,3)19-11-7-17(8-12-19)15-29-34-16-18-9-13-20(14-10-18)30-25(33)31-24(32)23-21(27)5-4-6-22(23)28/h4-15H,16H2,1-3H3,(H2,30,31,32,33)/b29-15-. The molecule has 2 N–H and O–H groups in total. The van der Waals surface area contributed by atoms with Crippen LogP contribution in [-0.2, 0) is 16.9 Å². The molecule has 0 spiro atoms. The lowest BCUT2D eigenvalue weighted by atomic mass is 9.87. The fraction of sp³-hybridized carbons (Fsp3) is 0.192. The average Bonchev–Trinajstić information content (AvgIpc) is 2.77. The zero-order chi connectivity index (χ0) is 24.7. The van der Waals surface area contributed by atoms with Crippen LogP contribution in [0.2, 0.25) is 0 Å². The number of hydrogen-bond acceptors (Lipinski definition) is 4. The van der Waals surface area contributed by atoms with Crippen LogP contribution in [0.25, 0.3) is 0 Å². The Hall–Kier alpha value is -4.07. The number of rotatable bonds is 6. The topological polar surface area (TPSA) is 79.8 Å². The molecule has 0 aliphatic rings. The molecule has 0 saturated heterocycles. The molecule has 0 fully saturated rings. The van der Waals surface area contributed by atoms with E-state index in [0.717, 1.165) is 29.3 Å². The predicted octanol–water partition coefficient (Wildman–Crippen LogP) is 5.77. The van der Waals surface area contributed by atoms with Gasteiger partial charge in [0.2, 0.25) is 0 Å². The molecule has 0 atom stereocenters. The largest absolute Gasteiger partial charge is 0.391 e. The van der Waals surface area contributed by atoms with E-state index in [1.165, 1.54) is 5.56 Å². The summed E-state index contributed by atoms with van der Waals surface area (Å²) in [5.74, 6) is -3.29. The lowest BCUT2D eigenvalue weighted by Crippen LogP contribution is -2.35. The van der Waals surface area contributed by atoms with Crippen molar-refractivity contribution in [3.05, 3.63) is 101 Å². The third-order valence-electron chi connectivity index (χ3n) is 4.91. The molecule has 3 aromatic carbocycles. The summed E-state index contributed by atoms with van der Waals surface area (Å²) in [7, 11) is 0. The second-order valence-corrected chi connectivity index (χ2v) is 8.58. The highest BCUT2D eigenvalue weighted by Gasteiger charge is 2.19. The number of hydrogen-bond donors (Lipinski definition) is 2. The summed E-state index contributed by atoms with van der Waals surface area (Å²) < 4.78 is 27.3. The Kier molecular flexibility index (Phi) is 7.73. The number of amides is 3. The van der Waals surface area contributed by atoms with Gasteiger partial charge in [0.05, 0.1) is 6.21 Å². The summed E-state index contributed by atoms with van der Waals surface area (Å²) in [4.78, 5) is 29.3. The van der Waals surface area contributed by atoms with Crippen LogP contribution in [0.5, 0.6) is 0 Å². The molecule has 0 aliphatic carbocycles.